The number of unbranched alkanes of at least 4 members (excludes halogenated alkanes) is 2. The lowest BCUT2D eigenvalue weighted by Crippen LogP contribution is -2.61. The molecule has 9 aromatic rings. The molecule has 0 radical (unpaired) electrons. The Morgan fingerprint density at radius 1 is 0.542 bits per heavy atom. The van der Waals surface area contributed by atoms with Crippen LogP contribution in [0.5, 0.6) is 0 Å². The second-order valence-electron chi connectivity index (χ2n) is 31.1. The third-order valence-corrected chi connectivity index (χ3v) is 22.2. The van der Waals surface area contributed by atoms with Crippen molar-refractivity contribution in [2.75, 3.05) is 26.2 Å². The van der Waals surface area contributed by atoms with Crippen molar-refractivity contribution in [3.8, 4) is 44.5 Å². The van der Waals surface area contributed by atoms with Gasteiger partial charge in [0.05, 0.1) is 28.9 Å². The number of nitrogens with two attached hydrogens (primary N) is 1. The maximum Gasteiger partial charge on any atom is 0.326 e. The maximum atomic E-state index is 14.9. The number of hydrogen-bond donors (Lipinski definition) is 14. The second-order valence-corrected chi connectivity index (χ2v) is 31.1. The van der Waals surface area contributed by atoms with Gasteiger partial charge in [-0.15, -0.1) is 0 Å². The monoisotopic (exact) mass is 1590 g/mol. The fourth-order valence-electron chi connectivity index (χ4n) is 16.3. The van der Waals surface area contributed by atoms with Gasteiger partial charge >= 0.3 is 5.97 Å². The number of nitrogens with zero attached hydrogens (tertiary/aromatic N) is 4. The minimum atomic E-state index is -1.63. The molecular formula is C91H102N16O11. The molecule has 5 aromatic carbocycles. The summed E-state index contributed by atoms with van der Waals surface area (Å²) in [5, 5.41) is 48.3. The number of hydrogen-bond acceptors (Lipinski definition) is 13. The van der Waals surface area contributed by atoms with Gasteiger partial charge in [0.2, 0.25) is 41.4 Å². The molecule has 8 heterocycles. The van der Waals surface area contributed by atoms with Gasteiger partial charge in [0.15, 0.2) is 5.96 Å². The zero-order valence-corrected chi connectivity index (χ0v) is 66.7. The maximum absolute atomic E-state index is 14.9. The third kappa shape index (κ3) is 19.7. The molecule has 0 spiro atoms. The number of rotatable bonds is 32. The van der Waals surface area contributed by atoms with Gasteiger partial charge in [-0.25, -0.2) is 9.78 Å². The Morgan fingerprint density at radius 3 is 1.67 bits per heavy atom. The molecule has 4 aliphatic heterocycles. The number of benzene rings is 5. The number of aliphatic carboxylic acids is 1. The lowest BCUT2D eigenvalue weighted by atomic mass is 9.99. The van der Waals surface area contributed by atoms with Gasteiger partial charge in [0.25, 0.3) is 5.91 Å². The summed E-state index contributed by atoms with van der Waals surface area (Å²) in [6, 6.07) is 45.6. The number of carboxylic acid groups (broad SMARTS) is 1. The van der Waals surface area contributed by atoms with Gasteiger partial charge in [0, 0.05) is 106 Å². The van der Waals surface area contributed by atoms with Crippen LogP contribution in [0.3, 0.4) is 0 Å². The van der Waals surface area contributed by atoms with Crippen molar-refractivity contribution in [3.63, 3.8) is 0 Å². The molecule has 8 atom stereocenters. The second kappa shape index (κ2) is 38.2. The Morgan fingerprint density at radius 2 is 1.08 bits per heavy atom. The topological polar surface area (TPSA) is 408 Å². The number of fused-ring (bicyclic) bond motifs is 9. The number of para-hydroxylation sites is 1. The summed E-state index contributed by atoms with van der Waals surface area (Å²) in [6.45, 7) is 7.36. The van der Waals surface area contributed by atoms with E-state index in [9.17, 15) is 53.4 Å². The Hall–Kier alpha value is -13.0. The van der Waals surface area contributed by atoms with Crippen molar-refractivity contribution in [2.45, 2.75) is 166 Å². The average Bonchev–Trinajstić information content (AvgIpc) is 1.63. The normalized spacial score (nSPS) is 15.9. The highest BCUT2D eigenvalue weighted by Gasteiger charge is 2.45. The van der Waals surface area contributed by atoms with E-state index in [2.05, 4.69) is 125 Å². The van der Waals surface area contributed by atoms with Crippen LogP contribution in [0.25, 0.3) is 89.6 Å². The first-order valence-electron chi connectivity index (χ1n) is 40.7. The number of aromatic amines is 3. The van der Waals surface area contributed by atoms with Crippen molar-refractivity contribution < 1.29 is 53.4 Å². The van der Waals surface area contributed by atoms with Crippen LogP contribution < -0.4 is 43.0 Å². The highest BCUT2D eigenvalue weighted by atomic mass is 16.4. The van der Waals surface area contributed by atoms with E-state index in [1.165, 1.54) is 23.6 Å². The molecular weight excluding hydrogens is 1490 g/mol. The highest BCUT2D eigenvalue weighted by molar-refractivity contribution is 6.01. The highest BCUT2D eigenvalue weighted by Crippen LogP contribution is 2.39. The van der Waals surface area contributed by atoms with Crippen molar-refractivity contribution >= 4 is 104 Å². The molecule has 27 nitrogen and oxygen atoms in total. The van der Waals surface area contributed by atoms with Gasteiger partial charge in [-0.3, -0.25) is 48.7 Å². The number of amides is 8. The van der Waals surface area contributed by atoms with Crippen molar-refractivity contribution in [1.29, 1.82) is 5.41 Å². The molecule has 27 heteroatoms. The number of carbonyl (C=O) groups excluding carboxylic acids is 8. The Bertz CT molecular complexity index is 5410. The predicted octanol–water partition coefficient (Wildman–Crippen LogP) is 10.2. The number of aliphatic hydroxyl groups excluding tert-OH is 1. The summed E-state index contributed by atoms with van der Waals surface area (Å²) in [5.41, 5.74) is 22.0. The number of aryl methyl sites for hydroxylation is 2. The molecule has 2 fully saturated rings. The van der Waals surface area contributed by atoms with Crippen LogP contribution >= 0.6 is 0 Å². The van der Waals surface area contributed by atoms with Crippen molar-refractivity contribution in [2.24, 2.45) is 11.7 Å². The van der Waals surface area contributed by atoms with E-state index in [4.69, 9.17) is 21.1 Å². The third-order valence-electron chi connectivity index (χ3n) is 22.2. The first-order chi connectivity index (χ1) is 57.0. The first-order valence-corrected chi connectivity index (χ1v) is 40.7. The Labute approximate surface area is 683 Å². The van der Waals surface area contributed by atoms with Gasteiger partial charge in [0.1, 0.15) is 42.3 Å². The molecule has 612 valence electrons. The number of carbonyl (C=O) groups is 9. The van der Waals surface area contributed by atoms with Gasteiger partial charge in [-0.05, 0) is 173 Å². The molecule has 118 heavy (non-hydrogen) atoms. The van der Waals surface area contributed by atoms with E-state index >= 15 is 0 Å². The number of aliphatic hydroxyl groups is 1. The summed E-state index contributed by atoms with van der Waals surface area (Å²) < 4.78 is 0. The van der Waals surface area contributed by atoms with Crippen LogP contribution in [0.4, 0.5) is 0 Å². The number of carboxylic acids is 1. The zero-order chi connectivity index (χ0) is 83.1. The number of H-pyrrole nitrogens is 3. The van der Waals surface area contributed by atoms with E-state index in [0.29, 0.717) is 62.6 Å². The van der Waals surface area contributed by atoms with Crippen LogP contribution in [0.2, 0.25) is 0 Å². The standard InChI is InChI=1S/C91H102N16O11/c1-53(2)50-74(88(115)107-49-21-32-76(107)89(116)106-48-20-31-75(106)86(113)102-72(90(117)118)30-19-47-95-91(92)93)104-85(112)73(51-61-52-96-63-29-17-16-28-62(61)63)103-87(114)82(55(4)108)105-83(110)54(3)97-77(109)33-15-8-18-46-94-84(111)60-36-34-59(35-37-60)81-70-44-42-68(100-70)79(57-24-11-6-12-25-57)66-40-38-64(98-66)78(56-22-9-5-10-23-56)65-39-41-67(99-65)80(58-26-13-7-14-27-58)69-43-45-71(81)101-69/h5-7,9-14,16-17,22-29,34-42,44,52-55,72-76,82,96,99-100,108H,8,15,18-21,30-33,43,45-51H2,1-4H3,(H,94,111)(H,97,109)(H,102,113)(H,103,114)(H,104,112)(H,105,110)(H,117,118)(H4,92,93,95)/t54-,55+,72-,73-,74-,75-,76-,82-/m0/s1. The molecule has 0 saturated carbocycles. The van der Waals surface area contributed by atoms with Crippen molar-refractivity contribution in [3.05, 3.63) is 204 Å². The molecule has 8 amide bonds. The lowest BCUT2D eigenvalue weighted by Gasteiger charge is -2.34. The van der Waals surface area contributed by atoms with E-state index < -0.39 is 95.7 Å². The van der Waals surface area contributed by atoms with Crippen molar-refractivity contribution in [1.82, 2.24) is 71.9 Å². The van der Waals surface area contributed by atoms with Crippen LogP contribution in [0, 0.1) is 11.3 Å². The van der Waals surface area contributed by atoms with E-state index in [0.717, 1.165) is 100 Å². The van der Waals surface area contributed by atoms with E-state index in [-0.39, 0.29) is 82.4 Å². The SMILES string of the molecule is CC(C)C[C@H](NC(=O)[C@H](Cc1c[nH]c2ccccc12)NC(=O)[C@@H](NC(=O)[C@H](C)NC(=O)CCCCCNC(=O)c1ccc(-c2c3nc(c(-c4ccccc4)c4ccc([nH]4)c(-c4ccccc4)c4nc(c(-c5ccccc5)c5ccc2[nH]5)C=C4)CC3)cc1)[C@@H](C)O)C(=O)N1CCC[C@H]1C(=O)N1CCC[C@H]1C(=O)N[C@@H](CCCNC(=N)N)C(=O)O. The zero-order valence-electron chi connectivity index (χ0n) is 66.7. The Kier molecular flexibility index (Phi) is 26.8. The minimum absolute atomic E-state index is 0.0343. The average molecular weight is 1600 g/mol. The molecule has 2 saturated heterocycles. The summed E-state index contributed by atoms with van der Waals surface area (Å²) in [6.07, 6.45) is 9.03. The lowest BCUT2D eigenvalue weighted by molar-refractivity contribution is -0.149. The van der Waals surface area contributed by atoms with Gasteiger partial charge in [-0.2, -0.15) is 0 Å². The fraction of sp³-hybridized carbons (Fsp3) is 0.341. The summed E-state index contributed by atoms with van der Waals surface area (Å²) >= 11 is 0. The fourth-order valence-corrected chi connectivity index (χ4v) is 16.3. The van der Waals surface area contributed by atoms with Gasteiger partial charge in [-0.1, -0.05) is 142 Å². The molecule has 8 bridgehead atoms. The van der Waals surface area contributed by atoms with Crippen LogP contribution in [-0.4, -0.2) is 179 Å². The number of guanidine groups is 1. The Balaban J connectivity index is 0.634. The quantitative estimate of drug-likeness (QED) is 0.0106. The molecule has 0 unspecified atom stereocenters. The first kappa shape index (κ1) is 82.9. The van der Waals surface area contributed by atoms with Crippen LogP contribution in [-0.2, 0) is 57.6 Å². The van der Waals surface area contributed by atoms with E-state index in [1.54, 1.807) is 6.20 Å². The largest absolute Gasteiger partial charge is 0.480 e. The van der Waals surface area contributed by atoms with Gasteiger partial charge < -0.3 is 77.9 Å². The van der Waals surface area contributed by atoms with Crippen LogP contribution in [0.1, 0.15) is 137 Å². The number of nitrogens with one attached hydrogen (secondary N) is 11. The van der Waals surface area contributed by atoms with E-state index in [1.807, 2.05) is 117 Å². The number of aromatic nitrogens is 5. The summed E-state index contributed by atoms with van der Waals surface area (Å²) in [7, 11) is 0. The summed E-state index contributed by atoms with van der Waals surface area (Å²) in [4.78, 5) is 150. The molecule has 15 N–H and O–H groups in total. The predicted molar refractivity (Wildman–Crippen MR) is 455 cm³/mol. The number of likely N-dealkylation sites (tertiary alicyclic amines) is 2. The smallest absolute Gasteiger partial charge is 0.326 e. The minimum Gasteiger partial charge on any atom is -0.480 e. The molecule has 0 aliphatic carbocycles. The molecule has 4 aromatic heterocycles. The summed E-state index contributed by atoms with van der Waals surface area (Å²) in [5.74, 6) is -6.59. The van der Waals surface area contributed by atoms with Crippen LogP contribution in [0.15, 0.2) is 170 Å². The molecule has 4 aliphatic rings. The molecule has 13 rings (SSSR count).